The van der Waals surface area contributed by atoms with E-state index in [4.69, 9.17) is 0 Å². The normalized spacial score (nSPS) is 18.0. The highest BCUT2D eigenvalue weighted by Gasteiger charge is 2.14. The summed E-state index contributed by atoms with van der Waals surface area (Å²) >= 11 is 0. The van der Waals surface area contributed by atoms with Crippen LogP contribution in [0.15, 0.2) is 24.4 Å². The van der Waals surface area contributed by atoms with Crippen molar-refractivity contribution in [3.05, 3.63) is 24.4 Å². The Balaban J connectivity index is 1.94. The van der Waals surface area contributed by atoms with Gasteiger partial charge < -0.3 is 5.32 Å². The Morgan fingerprint density at radius 3 is 2.75 bits per heavy atom. The van der Waals surface area contributed by atoms with Crippen molar-refractivity contribution in [3.8, 4) is 0 Å². The first-order chi connectivity index (χ1) is 5.95. The highest BCUT2D eigenvalue weighted by Crippen LogP contribution is 2.20. The Morgan fingerprint density at radius 2 is 2.08 bits per heavy atom. The van der Waals surface area contributed by atoms with Crippen LogP contribution in [0.2, 0.25) is 0 Å². The van der Waals surface area contributed by atoms with Crippen molar-refractivity contribution >= 4 is 5.82 Å². The van der Waals surface area contributed by atoms with Gasteiger partial charge in [-0.1, -0.05) is 18.9 Å². The lowest BCUT2D eigenvalue weighted by molar-refractivity contribution is 0.750. The van der Waals surface area contributed by atoms with Crippen molar-refractivity contribution in [3.63, 3.8) is 0 Å². The molecule has 0 spiro atoms. The van der Waals surface area contributed by atoms with Gasteiger partial charge in [-0.2, -0.15) is 0 Å². The molecule has 1 heterocycles. The summed E-state index contributed by atoms with van der Waals surface area (Å²) in [5.74, 6) is 1.02. The second kappa shape index (κ2) is 3.57. The summed E-state index contributed by atoms with van der Waals surface area (Å²) < 4.78 is 0. The molecule has 0 aromatic carbocycles. The maximum Gasteiger partial charge on any atom is 0.126 e. The van der Waals surface area contributed by atoms with Crippen LogP contribution in [0.25, 0.3) is 0 Å². The van der Waals surface area contributed by atoms with Crippen molar-refractivity contribution in [1.82, 2.24) is 4.98 Å². The van der Waals surface area contributed by atoms with E-state index in [0.29, 0.717) is 6.04 Å². The number of anilines is 1. The van der Waals surface area contributed by atoms with E-state index in [2.05, 4.69) is 10.3 Å². The van der Waals surface area contributed by atoms with Gasteiger partial charge in [0.1, 0.15) is 5.82 Å². The minimum Gasteiger partial charge on any atom is -0.367 e. The summed E-state index contributed by atoms with van der Waals surface area (Å²) in [5.41, 5.74) is 0. The van der Waals surface area contributed by atoms with Gasteiger partial charge in [-0.3, -0.25) is 0 Å². The van der Waals surface area contributed by atoms with Crippen molar-refractivity contribution < 1.29 is 0 Å². The molecule has 0 bridgehead atoms. The van der Waals surface area contributed by atoms with Gasteiger partial charge in [-0.25, -0.2) is 4.98 Å². The molecule has 12 heavy (non-hydrogen) atoms. The number of hydrogen-bond acceptors (Lipinski definition) is 2. The molecule has 0 atom stereocenters. The van der Waals surface area contributed by atoms with Crippen LogP contribution in [0, 0.1) is 0 Å². The Morgan fingerprint density at radius 1 is 1.25 bits per heavy atom. The number of pyridine rings is 1. The zero-order chi connectivity index (χ0) is 8.23. The third-order valence-corrected chi connectivity index (χ3v) is 2.37. The van der Waals surface area contributed by atoms with Gasteiger partial charge in [0.05, 0.1) is 0 Å². The average Bonchev–Trinajstić information content (AvgIpc) is 2.59. The molecule has 1 aromatic rings. The van der Waals surface area contributed by atoms with Gasteiger partial charge in [-0.05, 0) is 25.0 Å². The van der Waals surface area contributed by atoms with E-state index < -0.39 is 0 Å². The van der Waals surface area contributed by atoms with Gasteiger partial charge in [0, 0.05) is 12.2 Å². The Hall–Kier alpha value is -1.05. The minimum absolute atomic E-state index is 0.667. The van der Waals surface area contributed by atoms with Gasteiger partial charge in [0.15, 0.2) is 0 Å². The monoisotopic (exact) mass is 162 g/mol. The van der Waals surface area contributed by atoms with E-state index >= 15 is 0 Å². The molecule has 1 fully saturated rings. The molecule has 2 rings (SSSR count). The molecule has 2 heteroatoms. The second-order valence-electron chi connectivity index (χ2n) is 3.34. The maximum absolute atomic E-state index is 4.23. The summed E-state index contributed by atoms with van der Waals surface area (Å²) in [6.07, 6.45) is 7.17. The Labute approximate surface area is 73.0 Å². The zero-order valence-electron chi connectivity index (χ0n) is 7.16. The Bertz CT molecular complexity index is 227. The first-order valence-corrected chi connectivity index (χ1v) is 4.63. The highest BCUT2D eigenvalue weighted by atomic mass is 15.0. The summed E-state index contributed by atoms with van der Waals surface area (Å²) in [7, 11) is 0. The number of hydrogen-bond donors (Lipinski definition) is 1. The molecule has 1 aromatic heterocycles. The lowest BCUT2D eigenvalue weighted by Gasteiger charge is -2.11. The highest BCUT2D eigenvalue weighted by molar-refractivity contribution is 5.34. The van der Waals surface area contributed by atoms with Gasteiger partial charge in [-0.15, -0.1) is 0 Å². The average molecular weight is 162 g/mol. The van der Waals surface area contributed by atoms with Crippen LogP contribution in [-0.2, 0) is 0 Å². The summed E-state index contributed by atoms with van der Waals surface area (Å²) in [5, 5.41) is 3.43. The van der Waals surface area contributed by atoms with E-state index in [9.17, 15) is 0 Å². The van der Waals surface area contributed by atoms with Crippen LogP contribution in [0.4, 0.5) is 5.82 Å². The molecule has 1 saturated carbocycles. The fourth-order valence-electron chi connectivity index (χ4n) is 1.73. The Kier molecular flexibility index (Phi) is 2.26. The van der Waals surface area contributed by atoms with Crippen molar-refractivity contribution in [2.24, 2.45) is 0 Å². The molecule has 1 aliphatic carbocycles. The predicted octanol–water partition coefficient (Wildman–Crippen LogP) is 2.44. The largest absolute Gasteiger partial charge is 0.367 e. The topological polar surface area (TPSA) is 24.9 Å². The zero-order valence-corrected chi connectivity index (χ0v) is 7.16. The van der Waals surface area contributed by atoms with Gasteiger partial charge in [0.2, 0.25) is 0 Å². The van der Waals surface area contributed by atoms with E-state index in [0.717, 1.165) is 5.82 Å². The van der Waals surface area contributed by atoms with Crippen LogP contribution in [0.5, 0.6) is 0 Å². The number of rotatable bonds is 2. The summed E-state index contributed by atoms with van der Waals surface area (Å²) in [6.45, 7) is 0. The molecule has 1 aliphatic rings. The second-order valence-corrected chi connectivity index (χ2v) is 3.34. The first kappa shape index (κ1) is 7.59. The molecule has 0 amide bonds. The molecule has 0 radical (unpaired) electrons. The van der Waals surface area contributed by atoms with E-state index in [1.165, 1.54) is 25.7 Å². The minimum atomic E-state index is 0.667. The molecule has 0 unspecified atom stereocenters. The fraction of sp³-hybridized carbons (Fsp3) is 0.500. The molecule has 0 aliphatic heterocycles. The number of nitrogens with zero attached hydrogens (tertiary/aromatic N) is 1. The lowest BCUT2D eigenvalue weighted by Crippen LogP contribution is -2.14. The van der Waals surface area contributed by atoms with Crippen molar-refractivity contribution in [2.75, 3.05) is 5.32 Å². The number of nitrogens with one attached hydrogen (secondary N) is 1. The van der Waals surface area contributed by atoms with Gasteiger partial charge in [0.25, 0.3) is 0 Å². The molecule has 1 N–H and O–H groups in total. The summed E-state index contributed by atoms with van der Waals surface area (Å²) in [4.78, 5) is 4.23. The fourth-order valence-corrected chi connectivity index (χ4v) is 1.73. The van der Waals surface area contributed by atoms with Crippen LogP contribution >= 0.6 is 0 Å². The maximum atomic E-state index is 4.23. The first-order valence-electron chi connectivity index (χ1n) is 4.63. The van der Waals surface area contributed by atoms with E-state index in [1.54, 1.807) is 0 Å². The molecule has 2 nitrogen and oxygen atoms in total. The van der Waals surface area contributed by atoms with Crippen molar-refractivity contribution in [1.29, 1.82) is 0 Å². The quantitative estimate of drug-likeness (QED) is 0.722. The third kappa shape index (κ3) is 1.76. The van der Waals surface area contributed by atoms with E-state index in [1.807, 2.05) is 24.4 Å². The number of aromatic nitrogens is 1. The smallest absolute Gasteiger partial charge is 0.126 e. The van der Waals surface area contributed by atoms with Crippen LogP contribution < -0.4 is 5.32 Å². The molecule has 64 valence electrons. The van der Waals surface area contributed by atoms with Crippen LogP contribution in [0.1, 0.15) is 25.7 Å². The standard InChI is InChI=1S/C10H14N2/c1-2-6-9(5-1)12-10-7-3-4-8-11-10/h3-4,7-9H,1-2,5-6H2,(H,11,12). The van der Waals surface area contributed by atoms with Crippen LogP contribution in [-0.4, -0.2) is 11.0 Å². The SMILES string of the molecule is c1ccc(NC2CCCC2)nc1. The predicted molar refractivity (Wildman–Crippen MR) is 50.1 cm³/mol. The summed E-state index contributed by atoms with van der Waals surface area (Å²) in [6, 6.07) is 6.66. The van der Waals surface area contributed by atoms with E-state index in [-0.39, 0.29) is 0 Å². The van der Waals surface area contributed by atoms with Gasteiger partial charge >= 0.3 is 0 Å². The molecule has 0 saturated heterocycles. The lowest BCUT2D eigenvalue weighted by atomic mass is 10.2. The third-order valence-electron chi connectivity index (χ3n) is 2.37. The molecular formula is C10H14N2. The molecular weight excluding hydrogens is 148 g/mol. The van der Waals surface area contributed by atoms with Crippen LogP contribution in [0.3, 0.4) is 0 Å². The van der Waals surface area contributed by atoms with Crippen molar-refractivity contribution in [2.45, 2.75) is 31.7 Å².